The number of hydrogen-bond acceptors (Lipinski definition) is 3. The molecule has 0 aliphatic carbocycles. The van der Waals surface area contributed by atoms with Gasteiger partial charge in [0, 0.05) is 6.42 Å². The van der Waals surface area contributed by atoms with Crippen LogP contribution in [0.25, 0.3) is 0 Å². The molecule has 0 spiro atoms. The van der Waals surface area contributed by atoms with Crippen molar-refractivity contribution >= 4 is 12.1 Å². The van der Waals surface area contributed by atoms with Gasteiger partial charge in [-0.3, -0.25) is 4.79 Å². The molecule has 152 valence electrons. The molecule has 0 bridgehead atoms. The summed E-state index contributed by atoms with van der Waals surface area (Å²) in [6.45, 7) is 4.87. The fraction of sp³-hybridized carbons (Fsp3) is 0.652. The predicted octanol–water partition coefficient (Wildman–Crippen LogP) is 6.24. The highest BCUT2D eigenvalue weighted by molar-refractivity contribution is 5.82. The second kappa shape index (κ2) is 16.3. The largest absolute Gasteiger partial charge is 0.494 e. The van der Waals surface area contributed by atoms with Crippen molar-refractivity contribution in [3.8, 4) is 5.75 Å². The molecule has 0 aromatic heterocycles. The van der Waals surface area contributed by atoms with Gasteiger partial charge in [-0.1, -0.05) is 71.1 Å². The molecule has 4 nitrogen and oxygen atoms in total. The number of benzene rings is 1. The number of hydrazone groups is 1. The maximum Gasteiger partial charge on any atom is 0.240 e. The molecule has 0 heterocycles. The third-order valence-electron chi connectivity index (χ3n) is 4.60. The zero-order chi connectivity index (χ0) is 19.6. The monoisotopic (exact) mass is 374 g/mol. The third-order valence-corrected chi connectivity index (χ3v) is 4.60. The standard InChI is InChI=1S/C23H38N2O2/c1-3-5-6-7-8-9-10-11-12-13-14-15-23(26)25-24-20-21-16-18-22(19-17-21)27-4-2/h16-20H,3-15H2,1-2H3,(H,25,26)/b24-20+. The molecule has 1 aromatic carbocycles. The summed E-state index contributed by atoms with van der Waals surface area (Å²) in [5.74, 6) is 0.836. The Balaban J connectivity index is 1.98. The second-order valence-electron chi connectivity index (χ2n) is 7.08. The average Bonchev–Trinajstić information content (AvgIpc) is 2.68. The molecule has 0 fully saturated rings. The van der Waals surface area contributed by atoms with Gasteiger partial charge in [-0.2, -0.15) is 5.10 Å². The Bertz CT molecular complexity index is 512. The molecule has 1 N–H and O–H groups in total. The van der Waals surface area contributed by atoms with E-state index in [9.17, 15) is 4.79 Å². The van der Waals surface area contributed by atoms with Gasteiger partial charge in [-0.15, -0.1) is 0 Å². The summed E-state index contributed by atoms with van der Waals surface area (Å²) in [7, 11) is 0. The van der Waals surface area contributed by atoms with Crippen LogP contribution in [0.4, 0.5) is 0 Å². The smallest absolute Gasteiger partial charge is 0.240 e. The van der Waals surface area contributed by atoms with Gasteiger partial charge in [0.2, 0.25) is 5.91 Å². The van der Waals surface area contributed by atoms with Crippen LogP contribution in [0.2, 0.25) is 0 Å². The Labute approximate surface area is 165 Å². The Morgan fingerprint density at radius 2 is 1.44 bits per heavy atom. The highest BCUT2D eigenvalue weighted by Crippen LogP contribution is 2.12. The normalized spacial score (nSPS) is 11.0. The summed E-state index contributed by atoms with van der Waals surface area (Å²) in [5.41, 5.74) is 3.54. The molecule has 27 heavy (non-hydrogen) atoms. The molecular formula is C23H38N2O2. The topological polar surface area (TPSA) is 50.7 Å². The molecule has 1 rings (SSSR count). The Kier molecular flexibility index (Phi) is 14.0. The van der Waals surface area contributed by atoms with Gasteiger partial charge < -0.3 is 4.74 Å². The number of carbonyl (C=O) groups is 1. The van der Waals surface area contributed by atoms with E-state index in [4.69, 9.17) is 4.74 Å². The van der Waals surface area contributed by atoms with Crippen molar-refractivity contribution in [3.05, 3.63) is 29.8 Å². The number of rotatable bonds is 16. The van der Waals surface area contributed by atoms with E-state index in [1.165, 1.54) is 57.8 Å². The summed E-state index contributed by atoms with van der Waals surface area (Å²) in [4.78, 5) is 11.8. The van der Waals surface area contributed by atoms with Gasteiger partial charge in [-0.05, 0) is 43.2 Å². The predicted molar refractivity (Wildman–Crippen MR) is 114 cm³/mol. The molecule has 0 saturated carbocycles. The minimum absolute atomic E-state index is 0.00638. The second-order valence-corrected chi connectivity index (χ2v) is 7.08. The highest BCUT2D eigenvalue weighted by Gasteiger charge is 1.99. The maximum atomic E-state index is 11.8. The van der Waals surface area contributed by atoms with E-state index in [0.717, 1.165) is 24.2 Å². The number of hydrogen-bond donors (Lipinski definition) is 1. The molecule has 0 aliphatic rings. The lowest BCUT2D eigenvalue weighted by Gasteiger charge is -2.03. The molecule has 0 radical (unpaired) electrons. The van der Waals surface area contributed by atoms with Crippen molar-refractivity contribution in [2.45, 2.75) is 90.9 Å². The fourth-order valence-electron chi connectivity index (χ4n) is 3.00. The molecule has 0 aliphatic heterocycles. The lowest BCUT2D eigenvalue weighted by Crippen LogP contribution is -2.16. The van der Waals surface area contributed by atoms with Gasteiger partial charge in [0.1, 0.15) is 5.75 Å². The van der Waals surface area contributed by atoms with E-state index in [0.29, 0.717) is 13.0 Å². The van der Waals surface area contributed by atoms with Crippen LogP contribution in [0, 0.1) is 0 Å². The average molecular weight is 375 g/mol. The van der Waals surface area contributed by atoms with Crippen LogP contribution in [-0.4, -0.2) is 18.7 Å². The lowest BCUT2D eigenvalue weighted by atomic mass is 10.1. The summed E-state index contributed by atoms with van der Waals surface area (Å²) in [6.07, 6.45) is 16.4. The van der Waals surface area contributed by atoms with Crippen LogP contribution in [0.15, 0.2) is 29.4 Å². The van der Waals surface area contributed by atoms with Crippen molar-refractivity contribution in [2.75, 3.05) is 6.61 Å². The molecule has 0 atom stereocenters. The number of amides is 1. The number of carbonyl (C=O) groups excluding carboxylic acids is 1. The van der Waals surface area contributed by atoms with Gasteiger partial charge in [0.15, 0.2) is 0 Å². The van der Waals surface area contributed by atoms with Crippen LogP contribution in [0.5, 0.6) is 5.75 Å². The van der Waals surface area contributed by atoms with E-state index in [-0.39, 0.29) is 5.91 Å². The SMILES string of the molecule is CCCCCCCCCCCCCC(=O)N/N=C/c1ccc(OCC)cc1. The first-order valence-corrected chi connectivity index (χ1v) is 10.8. The Morgan fingerprint density at radius 1 is 0.889 bits per heavy atom. The van der Waals surface area contributed by atoms with Crippen LogP contribution in [0.1, 0.15) is 96.5 Å². The minimum atomic E-state index is -0.00638. The van der Waals surface area contributed by atoms with Crippen molar-refractivity contribution in [1.29, 1.82) is 0 Å². The van der Waals surface area contributed by atoms with Crippen LogP contribution in [-0.2, 0) is 4.79 Å². The number of ether oxygens (including phenoxy) is 1. The van der Waals surface area contributed by atoms with Crippen LogP contribution >= 0.6 is 0 Å². The number of unbranched alkanes of at least 4 members (excludes halogenated alkanes) is 10. The van der Waals surface area contributed by atoms with Crippen molar-refractivity contribution in [1.82, 2.24) is 5.43 Å². The van der Waals surface area contributed by atoms with Crippen LogP contribution in [0.3, 0.4) is 0 Å². The van der Waals surface area contributed by atoms with E-state index in [1.54, 1.807) is 6.21 Å². The zero-order valence-corrected chi connectivity index (χ0v) is 17.3. The Hall–Kier alpha value is -1.84. The molecule has 0 saturated heterocycles. The quantitative estimate of drug-likeness (QED) is 0.212. The maximum absolute atomic E-state index is 11.8. The van der Waals surface area contributed by atoms with Crippen molar-refractivity contribution in [2.24, 2.45) is 5.10 Å². The number of nitrogens with zero attached hydrogens (tertiary/aromatic N) is 1. The summed E-state index contributed by atoms with van der Waals surface area (Å²) in [6, 6.07) is 7.64. The molecular weight excluding hydrogens is 336 g/mol. The summed E-state index contributed by atoms with van der Waals surface area (Å²) < 4.78 is 5.39. The summed E-state index contributed by atoms with van der Waals surface area (Å²) >= 11 is 0. The number of nitrogens with one attached hydrogen (secondary N) is 1. The van der Waals surface area contributed by atoms with Crippen molar-refractivity contribution in [3.63, 3.8) is 0 Å². The minimum Gasteiger partial charge on any atom is -0.494 e. The molecule has 0 unspecified atom stereocenters. The Morgan fingerprint density at radius 3 is 2.00 bits per heavy atom. The summed E-state index contributed by atoms with van der Waals surface area (Å²) in [5, 5.41) is 4.02. The first kappa shape index (κ1) is 23.2. The lowest BCUT2D eigenvalue weighted by molar-refractivity contribution is -0.121. The highest BCUT2D eigenvalue weighted by atomic mass is 16.5. The fourth-order valence-corrected chi connectivity index (χ4v) is 3.00. The first-order chi connectivity index (χ1) is 13.3. The van der Waals surface area contributed by atoms with E-state index >= 15 is 0 Å². The van der Waals surface area contributed by atoms with Gasteiger partial charge in [0.25, 0.3) is 0 Å². The molecule has 4 heteroatoms. The molecule has 1 aromatic rings. The molecule has 1 amide bonds. The third kappa shape index (κ3) is 13.0. The van der Waals surface area contributed by atoms with Gasteiger partial charge >= 0.3 is 0 Å². The van der Waals surface area contributed by atoms with Crippen molar-refractivity contribution < 1.29 is 9.53 Å². The van der Waals surface area contributed by atoms with Crippen LogP contribution < -0.4 is 10.2 Å². The van der Waals surface area contributed by atoms with E-state index in [1.807, 2.05) is 31.2 Å². The van der Waals surface area contributed by atoms with E-state index < -0.39 is 0 Å². The van der Waals surface area contributed by atoms with Gasteiger partial charge in [-0.25, -0.2) is 5.43 Å². The zero-order valence-electron chi connectivity index (χ0n) is 17.3. The van der Waals surface area contributed by atoms with E-state index in [2.05, 4.69) is 17.5 Å². The van der Waals surface area contributed by atoms with Gasteiger partial charge in [0.05, 0.1) is 12.8 Å². The first-order valence-electron chi connectivity index (χ1n) is 10.8.